The lowest BCUT2D eigenvalue weighted by molar-refractivity contribution is 0.538. The summed E-state index contributed by atoms with van der Waals surface area (Å²) >= 11 is 0. The number of rotatable bonds is 5. The third-order valence-corrected chi connectivity index (χ3v) is 4.04. The first kappa shape index (κ1) is 12.4. The van der Waals surface area contributed by atoms with Crippen molar-refractivity contribution >= 4 is 10.0 Å². The molecule has 0 amide bonds. The van der Waals surface area contributed by atoms with Gasteiger partial charge in [0.2, 0.25) is 10.0 Å². The largest absolute Gasteiger partial charge is 0.230 e. The standard InChI is InChI=1S/C8H16N2O2S/c1-4-6-8(3,7-9)13(11,12)10-5-2/h10H,4-6H2,1-3H3. The van der Waals surface area contributed by atoms with E-state index in [2.05, 4.69) is 4.72 Å². The number of hydrogen-bond acceptors (Lipinski definition) is 3. The van der Waals surface area contributed by atoms with Gasteiger partial charge in [0.1, 0.15) is 0 Å². The predicted octanol–water partition coefficient (Wildman–Crippen LogP) is 1.01. The molecule has 0 saturated heterocycles. The maximum absolute atomic E-state index is 11.5. The van der Waals surface area contributed by atoms with Gasteiger partial charge in [0.05, 0.1) is 6.07 Å². The normalized spacial score (nSPS) is 16.2. The van der Waals surface area contributed by atoms with Crippen molar-refractivity contribution in [1.82, 2.24) is 4.72 Å². The van der Waals surface area contributed by atoms with E-state index in [1.807, 2.05) is 13.0 Å². The second kappa shape index (κ2) is 4.58. The maximum Gasteiger partial charge on any atom is 0.230 e. The molecule has 0 saturated carbocycles. The highest BCUT2D eigenvalue weighted by Crippen LogP contribution is 2.20. The van der Waals surface area contributed by atoms with E-state index in [0.717, 1.165) is 0 Å². The lowest BCUT2D eigenvalue weighted by atomic mass is 10.1. The van der Waals surface area contributed by atoms with Crippen LogP contribution in [0.2, 0.25) is 0 Å². The van der Waals surface area contributed by atoms with Gasteiger partial charge in [-0.25, -0.2) is 13.1 Å². The summed E-state index contributed by atoms with van der Waals surface area (Å²) in [6, 6.07) is 1.85. The van der Waals surface area contributed by atoms with Gasteiger partial charge in [0.25, 0.3) is 0 Å². The monoisotopic (exact) mass is 204 g/mol. The van der Waals surface area contributed by atoms with Gasteiger partial charge in [-0.05, 0) is 13.3 Å². The van der Waals surface area contributed by atoms with Crippen LogP contribution in [-0.4, -0.2) is 19.7 Å². The fourth-order valence-electron chi connectivity index (χ4n) is 1.08. The fourth-order valence-corrected chi connectivity index (χ4v) is 2.37. The van der Waals surface area contributed by atoms with Crippen LogP contribution in [0.3, 0.4) is 0 Å². The first-order valence-electron chi connectivity index (χ1n) is 4.34. The summed E-state index contributed by atoms with van der Waals surface area (Å²) in [7, 11) is -3.50. The Kier molecular flexibility index (Phi) is 4.37. The zero-order chi connectivity index (χ0) is 10.5. The Labute approximate surface area is 80.0 Å². The van der Waals surface area contributed by atoms with E-state index >= 15 is 0 Å². The molecule has 0 aromatic carbocycles. The Morgan fingerprint density at radius 2 is 2.00 bits per heavy atom. The highest BCUT2D eigenvalue weighted by molar-refractivity contribution is 7.91. The molecule has 1 N–H and O–H groups in total. The molecule has 0 aliphatic heterocycles. The van der Waals surface area contributed by atoms with Crippen LogP contribution in [0.1, 0.15) is 33.6 Å². The number of nitrogens with zero attached hydrogens (tertiary/aromatic N) is 1. The molecule has 0 spiro atoms. The highest BCUT2D eigenvalue weighted by Gasteiger charge is 2.37. The summed E-state index contributed by atoms with van der Waals surface area (Å²) in [4.78, 5) is 0. The highest BCUT2D eigenvalue weighted by atomic mass is 32.2. The van der Waals surface area contributed by atoms with Gasteiger partial charge >= 0.3 is 0 Å². The van der Waals surface area contributed by atoms with Crippen LogP contribution in [0.15, 0.2) is 0 Å². The molecule has 1 atom stereocenters. The SMILES string of the molecule is CCCC(C)(C#N)S(=O)(=O)NCC. The van der Waals surface area contributed by atoms with E-state index in [1.165, 1.54) is 6.92 Å². The number of sulfonamides is 1. The minimum Gasteiger partial charge on any atom is -0.214 e. The van der Waals surface area contributed by atoms with Crippen LogP contribution in [0.4, 0.5) is 0 Å². The molecule has 0 aromatic heterocycles. The second-order valence-corrected chi connectivity index (χ2v) is 5.29. The molecule has 0 aromatic rings. The van der Waals surface area contributed by atoms with Crippen LogP contribution >= 0.6 is 0 Å². The number of hydrogen-bond donors (Lipinski definition) is 1. The van der Waals surface area contributed by atoms with Crippen LogP contribution in [0, 0.1) is 11.3 Å². The zero-order valence-electron chi connectivity index (χ0n) is 8.29. The lowest BCUT2D eigenvalue weighted by Crippen LogP contribution is -2.42. The molecule has 5 heteroatoms. The molecule has 76 valence electrons. The van der Waals surface area contributed by atoms with Crippen molar-refractivity contribution in [3.05, 3.63) is 0 Å². The summed E-state index contributed by atoms with van der Waals surface area (Å²) in [5.41, 5.74) is 0. The Balaban J connectivity index is 4.88. The van der Waals surface area contributed by atoms with Gasteiger partial charge in [-0.3, -0.25) is 0 Å². The molecule has 0 bridgehead atoms. The van der Waals surface area contributed by atoms with Gasteiger partial charge in [0, 0.05) is 6.54 Å². The average Bonchev–Trinajstić information content (AvgIpc) is 2.04. The van der Waals surface area contributed by atoms with E-state index in [-0.39, 0.29) is 0 Å². The Hall–Kier alpha value is -0.600. The van der Waals surface area contributed by atoms with Crippen molar-refractivity contribution in [2.45, 2.75) is 38.4 Å². The third-order valence-electron chi connectivity index (χ3n) is 1.89. The predicted molar refractivity (Wildman–Crippen MR) is 51.5 cm³/mol. The van der Waals surface area contributed by atoms with E-state index < -0.39 is 14.8 Å². The Morgan fingerprint density at radius 3 is 2.31 bits per heavy atom. The van der Waals surface area contributed by atoms with Gasteiger partial charge in [-0.15, -0.1) is 0 Å². The molecule has 0 aliphatic carbocycles. The van der Waals surface area contributed by atoms with Crippen molar-refractivity contribution in [1.29, 1.82) is 5.26 Å². The maximum atomic E-state index is 11.5. The van der Waals surface area contributed by atoms with E-state index in [0.29, 0.717) is 19.4 Å². The summed E-state index contributed by atoms with van der Waals surface area (Å²) in [5, 5.41) is 8.81. The first-order valence-corrected chi connectivity index (χ1v) is 5.82. The second-order valence-electron chi connectivity index (χ2n) is 3.09. The van der Waals surface area contributed by atoms with Crippen LogP contribution < -0.4 is 4.72 Å². The molecule has 0 fully saturated rings. The quantitative estimate of drug-likeness (QED) is 0.726. The summed E-state index contributed by atoms with van der Waals surface area (Å²) < 4.78 is 24.1. The minimum absolute atomic E-state index is 0.323. The molecule has 13 heavy (non-hydrogen) atoms. The van der Waals surface area contributed by atoms with Gasteiger partial charge in [-0.2, -0.15) is 5.26 Å². The van der Waals surface area contributed by atoms with Crippen LogP contribution in [0.5, 0.6) is 0 Å². The van der Waals surface area contributed by atoms with Crippen molar-refractivity contribution in [3.63, 3.8) is 0 Å². The van der Waals surface area contributed by atoms with Crippen molar-refractivity contribution in [2.24, 2.45) is 0 Å². The molecule has 0 heterocycles. The average molecular weight is 204 g/mol. The van der Waals surface area contributed by atoms with Crippen molar-refractivity contribution in [2.75, 3.05) is 6.54 Å². The Bertz CT molecular complexity index is 292. The minimum atomic E-state index is -3.50. The van der Waals surface area contributed by atoms with Gasteiger partial charge in [0.15, 0.2) is 4.75 Å². The van der Waals surface area contributed by atoms with E-state index in [4.69, 9.17) is 5.26 Å². The van der Waals surface area contributed by atoms with E-state index in [9.17, 15) is 8.42 Å². The third kappa shape index (κ3) is 2.68. The Morgan fingerprint density at radius 1 is 1.46 bits per heavy atom. The fraction of sp³-hybridized carbons (Fsp3) is 0.875. The van der Waals surface area contributed by atoms with E-state index in [1.54, 1.807) is 6.92 Å². The van der Waals surface area contributed by atoms with Gasteiger partial charge in [-0.1, -0.05) is 20.3 Å². The van der Waals surface area contributed by atoms with Crippen molar-refractivity contribution < 1.29 is 8.42 Å². The van der Waals surface area contributed by atoms with Crippen LogP contribution in [-0.2, 0) is 10.0 Å². The zero-order valence-corrected chi connectivity index (χ0v) is 9.11. The molecule has 1 unspecified atom stereocenters. The number of nitrogens with one attached hydrogen (secondary N) is 1. The molecule has 0 rings (SSSR count). The molecule has 0 radical (unpaired) electrons. The lowest BCUT2D eigenvalue weighted by Gasteiger charge is -2.20. The molecular weight excluding hydrogens is 188 g/mol. The van der Waals surface area contributed by atoms with Crippen molar-refractivity contribution in [3.8, 4) is 6.07 Å². The van der Waals surface area contributed by atoms with Gasteiger partial charge < -0.3 is 0 Å². The summed E-state index contributed by atoms with van der Waals surface area (Å²) in [6.45, 7) is 5.33. The van der Waals surface area contributed by atoms with Crippen LogP contribution in [0.25, 0.3) is 0 Å². The summed E-state index contributed by atoms with van der Waals surface area (Å²) in [5.74, 6) is 0. The summed E-state index contributed by atoms with van der Waals surface area (Å²) in [6.07, 6.45) is 1.04. The topological polar surface area (TPSA) is 70.0 Å². The number of nitriles is 1. The first-order chi connectivity index (χ1) is 5.93. The molecular formula is C8H16N2O2S. The smallest absolute Gasteiger partial charge is 0.214 e. The molecule has 4 nitrogen and oxygen atoms in total. The molecule has 0 aliphatic rings.